The maximum atomic E-state index is 12.5. The molecular formula is C22H19N3O2S. The summed E-state index contributed by atoms with van der Waals surface area (Å²) in [6.07, 6.45) is 0. The number of nitrogens with zero attached hydrogens (tertiary/aromatic N) is 1. The number of anilines is 1. The van der Waals surface area contributed by atoms with Crippen molar-refractivity contribution in [3.05, 3.63) is 78.9 Å². The Bertz CT molecular complexity index is 1040. The van der Waals surface area contributed by atoms with E-state index in [0.717, 1.165) is 27.6 Å². The van der Waals surface area contributed by atoms with E-state index in [0.29, 0.717) is 5.75 Å². The lowest BCUT2D eigenvalue weighted by atomic mass is 10.3. The van der Waals surface area contributed by atoms with E-state index in [4.69, 9.17) is 4.74 Å². The van der Waals surface area contributed by atoms with Crippen molar-refractivity contribution in [2.45, 2.75) is 17.3 Å². The molecule has 3 aromatic carbocycles. The number of nitrogens with one attached hydrogen (secondary N) is 2. The summed E-state index contributed by atoms with van der Waals surface area (Å²) in [6.45, 7) is 1.86. The first-order valence-electron chi connectivity index (χ1n) is 8.92. The van der Waals surface area contributed by atoms with Crippen LogP contribution in [-0.2, 0) is 4.79 Å². The summed E-state index contributed by atoms with van der Waals surface area (Å²) >= 11 is 1.40. The zero-order chi connectivity index (χ0) is 19.3. The Hall–Kier alpha value is -3.25. The maximum absolute atomic E-state index is 12.5. The largest absolute Gasteiger partial charge is 0.457 e. The van der Waals surface area contributed by atoms with Gasteiger partial charge in [-0.3, -0.25) is 4.79 Å². The highest BCUT2D eigenvalue weighted by molar-refractivity contribution is 8.00. The van der Waals surface area contributed by atoms with Gasteiger partial charge in [0.2, 0.25) is 5.91 Å². The minimum atomic E-state index is -0.291. The lowest BCUT2D eigenvalue weighted by molar-refractivity contribution is -0.115. The van der Waals surface area contributed by atoms with Crippen LogP contribution in [0, 0.1) is 0 Å². The van der Waals surface area contributed by atoms with Gasteiger partial charge in [-0.25, -0.2) is 4.98 Å². The van der Waals surface area contributed by atoms with Crippen molar-refractivity contribution in [1.82, 2.24) is 9.97 Å². The van der Waals surface area contributed by atoms with Gasteiger partial charge in [-0.1, -0.05) is 42.1 Å². The van der Waals surface area contributed by atoms with Crippen molar-refractivity contribution in [2.75, 3.05) is 5.32 Å². The molecule has 0 saturated carbocycles. The first-order chi connectivity index (χ1) is 13.7. The first kappa shape index (κ1) is 18.1. The molecule has 6 heteroatoms. The minimum absolute atomic E-state index is 0.0813. The molecule has 0 radical (unpaired) electrons. The molecule has 1 aromatic heterocycles. The van der Waals surface area contributed by atoms with Crippen molar-refractivity contribution in [2.24, 2.45) is 0 Å². The summed E-state index contributed by atoms with van der Waals surface area (Å²) in [5.41, 5.74) is 2.58. The van der Waals surface area contributed by atoms with Crippen LogP contribution < -0.4 is 10.1 Å². The zero-order valence-corrected chi connectivity index (χ0v) is 16.1. The van der Waals surface area contributed by atoms with E-state index in [2.05, 4.69) is 15.3 Å². The van der Waals surface area contributed by atoms with Gasteiger partial charge in [0.15, 0.2) is 5.16 Å². The van der Waals surface area contributed by atoms with E-state index in [-0.39, 0.29) is 11.2 Å². The van der Waals surface area contributed by atoms with Crippen LogP contribution in [0.3, 0.4) is 0 Å². The van der Waals surface area contributed by atoms with E-state index in [1.165, 1.54) is 11.8 Å². The van der Waals surface area contributed by atoms with Crippen LogP contribution in [0.5, 0.6) is 11.5 Å². The van der Waals surface area contributed by atoms with Crippen LogP contribution in [0.4, 0.5) is 5.69 Å². The number of rotatable bonds is 6. The fourth-order valence-electron chi connectivity index (χ4n) is 2.68. The SMILES string of the molecule is CC(Sc1nc2ccccc2[nH]1)C(=O)Nc1ccc(Oc2ccccc2)cc1. The highest BCUT2D eigenvalue weighted by atomic mass is 32.2. The molecule has 0 bridgehead atoms. The van der Waals surface area contributed by atoms with Gasteiger partial charge < -0.3 is 15.0 Å². The lowest BCUT2D eigenvalue weighted by Crippen LogP contribution is -2.22. The molecular weight excluding hydrogens is 370 g/mol. The third kappa shape index (κ3) is 4.35. The Kier molecular flexibility index (Phi) is 5.30. The molecule has 4 rings (SSSR count). The number of hydrogen-bond acceptors (Lipinski definition) is 4. The van der Waals surface area contributed by atoms with Crippen LogP contribution in [0.25, 0.3) is 11.0 Å². The summed E-state index contributed by atoms with van der Waals surface area (Å²) in [4.78, 5) is 20.2. The van der Waals surface area contributed by atoms with E-state index in [9.17, 15) is 4.79 Å². The van der Waals surface area contributed by atoms with E-state index < -0.39 is 0 Å². The third-order valence-electron chi connectivity index (χ3n) is 4.13. The molecule has 0 fully saturated rings. The van der Waals surface area contributed by atoms with Crippen LogP contribution in [0.1, 0.15) is 6.92 Å². The molecule has 4 aromatic rings. The smallest absolute Gasteiger partial charge is 0.237 e. The van der Waals surface area contributed by atoms with Crippen LogP contribution >= 0.6 is 11.8 Å². The molecule has 5 nitrogen and oxygen atoms in total. The molecule has 1 heterocycles. The Morgan fingerprint density at radius 2 is 1.64 bits per heavy atom. The van der Waals surface area contributed by atoms with Gasteiger partial charge in [0.25, 0.3) is 0 Å². The van der Waals surface area contributed by atoms with Crippen molar-refractivity contribution < 1.29 is 9.53 Å². The first-order valence-corrected chi connectivity index (χ1v) is 9.80. The number of aromatic nitrogens is 2. The van der Waals surface area contributed by atoms with Crippen LogP contribution in [0.15, 0.2) is 84.0 Å². The molecule has 2 N–H and O–H groups in total. The number of fused-ring (bicyclic) bond motifs is 1. The average molecular weight is 389 g/mol. The third-order valence-corrected chi connectivity index (χ3v) is 5.11. The van der Waals surface area contributed by atoms with Gasteiger partial charge in [0.05, 0.1) is 16.3 Å². The standard InChI is InChI=1S/C22H19N3O2S/c1-15(28-22-24-19-9-5-6-10-20(19)25-22)21(26)23-16-11-13-18(14-12-16)27-17-7-3-2-4-8-17/h2-15H,1H3,(H,23,26)(H,24,25). The number of aromatic amines is 1. The summed E-state index contributed by atoms with van der Waals surface area (Å²) in [6, 6.07) is 24.7. The molecule has 0 aliphatic heterocycles. The van der Waals surface area contributed by atoms with Crippen LogP contribution in [0.2, 0.25) is 0 Å². The second-order valence-corrected chi connectivity index (χ2v) is 7.58. The number of H-pyrrole nitrogens is 1. The number of amides is 1. The summed E-state index contributed by atoms with van der Waals surface area (Å²) in [7, 11) is 0. The average Bonchev–Trinajstić information content (AvgIpc) is 3.12. The van der Waals surface area contributed by atoms with Gasteiger partial charge in [-0.15, -0.1) is 0 Å². The zero-order valence-electron chi connectivity index (χ0n) is 15.3. The second-order valence-electron chi connectivity index (χ2n) is 6.25. The van der Waals surface area contributed by atoms with Crippen molar-refractivity contribution in [3.8, 4) is 11.5 Å². The van der Waals surface area contributed by atoms with Crippen molar-refractivity contribution in [3.63, 3.8) is 0 Å². The Labute approximate surface area is 167 Å². The predicted octanol–water partition coefficient (Wildman–Crippen LogP) is 5.47. The molecule has 140 valence electrons. The van der Waals surface area contributed by atoms with E-state index in [1.807, 2.05) is 85.8 Å². The Morgan fingerprint density at radius 3 is 2.39 bits per heavy atom. The van der Waals surface area contributed by atoms with E-state index >= 15 is 0 Å². The Balaban J connectivity index is 1.35. The summed E-state index contributed by atoms with van der Waals surface area (Å²) < 4.78 is 5.76. The molecule has 0 aliphatic rings. The fourth-order valence-corrected chi connectivity index (χ4v) is 3.50. The summed E-state index contributed by atoms with van der Waals surface area (Å²) in [5.74, 6) is 1.41. The Morgan fingerprint density at radius 1 is 0.964 bits per heavy atom. The number of carbonyl (C=O) groups excluding carboxylic acids is 1. The highest BCUT2D eigenvalue weighted by Crippen LogP contribution is 2.26. The minimum Gasteiger partial charge on any atom is -0.457 e. The molecule has 0 spiro atoms. The number of imidazole rings is 1. The molecule has 0 aliphatic carbocycles. The van der Waals surface area contributed by atoms with Gasteiger partial charge in [-0.05, 0) is 55.5 Å². The quantitative estimate of drug-likeness (QED) is 0.429. The molecule has 1 amide bonds. The number of thioether (sulfide) groups is 1. The number of hydrogen-bond donors (Lipinski definition) is 2. The van der Waals surface area contributed by atoms with Gasteiger partial charge >= 0.3 is 0 Å². The lowest BCUT2D eigenvalue weighted by Gasteiger charge is -2.11. The highest BCUT2D eigenvalue weighted by Gasteiger charge is 2.16. The predicted molar refractivity (Wildman–Crippen MR) is 113 cm³/mol. The van der Waals surface area contributed by atoms with Crippen LogP contribution in [-0.4, -0.2) is 21.1 Å². The van der Waals surface area contributed by atoms with E-state index in [1.54, 1.807) is 0 Å². The molecule has 28 heavy (non-hydrogen) atoms. The van der Waals surface area contributed by atoms with Crippen molar-refractivity contribution in [1.29, 1.82) is 0 Å². The maximum Gasteiger partial charge on any atom is 0.237 e. The second kappa shape index (κ2) is 8.19. The van der Waals surface area contributed by atoms with Gasteiger partial charge in [-0.2, -0.15) is 0 Å². The topological polar surface area (TPSA) is 67.0 Å². The number of ether oxygens (including phenoxy) is 1. The molecule has 1 atom stereocenters. The van der Waals surface area contributed by atoms with Gasteiger partial charge in [0, 0.05) is 5.69 Å². The summed E-state index contributed by atoms with van der Waals surface area (Å²) in [5, 5.41) is 3.37. The molecule has 0 saturated heterocycles. The van der Waals surface area contributed by atoms with Crippen molar-refractivity contribution >= 4 is 34.4 Å². The normalized spacial score (nSPS) is 11.9. The number of benzene rings is 3. The molecule has 1 unspecified atom stereocenters. The number of carbonyl (C=O) groups is 1. The number of para-hydroxylation sites is 3. The fraction of sp³-hybridized carbons (Fsp3) is 0.0909. The monoisotopic (exact) mass is 389 g/mol. The van der Waals surface area contributed by atoms with Gasteiger partial charge in [0.1, 0.15) is 11.5 Å².